The first-order valence-corrected chi connectivity index (χ1v) is 4.71. The van der Waals surface area contributed by atoms with Gasteiger partial charge in [0.05, 0.1) is 5.69 Å². The van der Waals surface area contributed by atoms with Crippen molar-refractivity contribution in [2.24, 2.45) is 0 Å². The molecule has 2 nitrogen and oxygen atoms in total. The number of thiol groups is 1. The highest BCUT2D eigenvalue weighted by Gasteiger charge is 1.91. The van der Waals surface area contributed by atoms with Crippen molar-refractivity contribution >= 4 is 12.6 Å². The molecule has 0 saturated heterocycles. The van der Waals surface area contributed by atoms with Crippen LogP contribution in [0.3, 0.4) is 0 Å². The van der Waals surface area contributed by atoms with Gasteiger partial charge in [0.15, 0.2) is 0 Å². The average molecular weight is 194 g/mol. The first-order valence-electron chi connectivity index (χ1n) is 4.26. The third-order valence-electron chi connectivity index (χ3n) is 1.62. The smallest absolute Gasteiger partial charge is 0.0541 e. The molecule has 0 fully saturated rings. The van der Waals surface area contributed by atoms with Crippen LogP contribution < -0.4 is 5.32 Å². The molecule has 0 aromatic carbocycles. The van der Waals surface area contributed by atoms with Crippen molar-refractivity contribution in [1.29, 1.82) is 0 Å². The molecule has 0 radical (unpaired) electrons. The largest absolute Gasteiger partial charge is 0.311 e. The summed E-state index contributed by atoms with van der Waals surface area (Å²) >= 11 is 4.11. The zero-order valence-electron chi connectivity index (χ0n) is 7.53. The summed E-state index contributed by atoms with van der Waals surface area (Å²) < 4.78 is 0. The van der Waals surface area contributed by atoms with E-state index in [4.69, 9.17) is 0 Å². The van der Waals surface area contributed by atoms with E-state index in [-0.39, 0.29) is 0 Å². The van der Waals surface area contributed by atoms with E-state index in [9.17, 15) is 0 Å². The van der Waals surface area contributed by atoms with Gasteiger partial charge in [-0.05, 0) is 23.5 Å². The lowest BCUT2D eigenvalue weighted by atomic mass is 10.3. The minimum absolute atomic E-state index is 0.807. The summed E-state index contributed by atoms with van der Waals surface area (Å²) in [5.41, 5.74) is 1.06. The van der Waals surface area contributed by atoms with Gasteiger partial charge < -0.3 is 5.32 Å². The Kier molecular flexibility index (Phi) is 4.57. The van der Waals surface area contributed by atoms with Crippen molar-refractivity contribution in [3.63, 3.8) is 0 Å². The van der Waals surface area contributed by atoms with E-state index < -0.39 is 0 Å². The van der Waals surface area contributed by atoms with Crippen LogP contribution in [0.15, 0.2) is 35.9 Å². The van der Waals surface area contributed by atoms with Crippen LogP contribution in [0.5, 0.6) is 0 Å². The lowest BCUT2D eigenvalue weighted by Crippen LogP contribution is -2.15. The van der Waals surface area contributed by atoms with Crippen molar-refractivity contribution in [3.05, 3.63) is 41.6 Å². The summed E-state index contributed by atoms with van der Waals surface area (Å²) in [4.78, 5) is 5.10. The molecule has 1 N–H and O–H groups in total. The fraction of sp³-hybridized carbons (Fsp3) is 0.300. The molecule has 1 rings (SSSR count). The Morgan fingerprint density at radius 2 is 2.38 bits per heavy atom. The Morgan fingerprint density at radius 3 is 3.00 bits per heavy atom. The van der Waals surface area contributed by atoms with Crippen molar-refractivity contribution in [2.45, 2.75) is 13.0 Å². The molecule has 0 bridgehead atoms. The summed E-state index contributed by atoms with van der Waals surface area (Å²) in [7, 11) is 0. The second-order valence-electron chi connectivity index (χ2n) is 2.81. The standard InChI is InChI=1S/C10H14N2S/c1-9(13)5-7-11-8-10-4-2-3-6-12-10/h2-4,6,11,13H,1,5,7-8H2. The first-order chi connectivity index (χ1) is 6.29. The minimum atomic E-state index is 0.807. The molecule has 0 aliphatic heterocycles. The summed E-state index contributed by atoms with van der Waals surface area (Å²) in [6.07, 6.45) is 2.70. The van der Waals surface area contributed by atoms with Crippen LogP contribution in [0.2, 0.25) is 0 Å². The predicted molar refractivity (Wildman–Crippen MR) is 58.7 cm³/mol. The van der Waals surface area contributed by atoms with E-state index in [0.717, 1.165) is 30.1 Å². The lowest BCUT2D eigenvalue weighted by Gasteiger charge is -2.02. The Labute approximate surface area is 84.5 Å². The molecular weight excluding hydrogens is 180 g/mol. The first kappa shape index (κ1) is 10.3. The van der Waals surface area contributed by atoms with Gasteiger partial charge in [0, 0.05) is 19.3 Å². The van der Waals surface area contributed by atoms with Crippen LogP contribution in [0.4, 0.5) is 0 Å². The maximum Gasteiger partial charge on any atom is 0.0541 e. The molecule has 70 valence electrons. The molecular formula is C10H14N2S. The second kappa shape index (κ2) is 5.78. The normalized spacial score (nSPS) is 9.92. The van der Waals surface area contributed by atoms with Gasteiger partial charge in [-0.15, -0.1) is 12.6 Å². The molecule has 1 aromatic heterocycles. The Balaban J connectivity index is 2.17. The minimum Gasteiger partial charge on any atom is -0.311 e. The van der Waals surface area contributed by atoms with Crippen LogP contribution in [0.25, 0.3) is 0 Å². The van der Waals surface area contributed by atoms with E-state index in [1.165, 1.54) is 0 Å². The molecule has 0 aliphatic carbocycles. The van der Waals surface area contributed by atoms with Gasteiger partial charge in [-0.25, -0.2) is 0 Å². The van der Waals surface area contributed by atoms with Crippen LogP contribution in [-0.2, 0) is 6.54 Å². The topological polar surface area (TPSA) is 24.9 Å². The van der Waals surface area contributed by atoms with Crippen molar-refractivity contribution in [2.75, 3.05) is 6.54 Å². The number of nitrogens with zero attached hydrogens (tertiary/aromatic N) is 1. The molecule has 0 spiro atoms. The highest BCUT2D eigenvalue weighted by molar-refractivity contribution is 7.84. The van der Waals surface area contributed by atoms with E-state index >= 15 is 0 Å². The molecule has 0 unspecified atom stereocenters. The van der Waals surface area contributed by atoms with E-state index in [1.54, 1.807) is 6.20 Å². The quantitative estimate of drug-likeness (QED) is 0.553. The van der Waals surface area contributed by atoms with Crippen molar-refractivity contribution < 1.29 is 0 Å². The summed E-state index contributed by atoms with van der Waals surface area (Å²) in [5.74, 6) is 0. The third-order valence-corrected chi connectivity index (χ3v) is 1.85. The van der Waals surface area contributed by atoms with Crippen LogP contribution in [0.1, 0.15) is 12.1 Å². The van der Waals surface area contributed by atoms with Gasteiger partial charge >= 0.3 is 0 Å². The van der Waals surface area contributed by atoms with Gasteiger partial charge in [0.1, 0.15) is 0 Å². The Hall–Kier alpha value is -0.800. The molecule has 13 heavy (non-hydrogen) atoms. The predicted octanol–water partition coefficient (Wildman–Crippen LogP) is 2.00. The highest BCUT2D eigenvalue weighted by atomic mass is 32.1. The number of hydrogen-bond donors (Lipinski definition) is 2. The fourth-order valence-corrected chi connectivity index (χ4v) is 1.06. The van der Waals surface area contributed by atoms with Crippen LogP contribution in [0, 0.1) is 0 Å². The number of pyridine rings is 1. The van der Waals surface area contributed by atoms with Gasteiger partial charge in [-0.3, -0.25) is 4.98 Å². The van der Waals surface area contributed by atoms with Crippen molar-refractivity contribution in [3.8, 4) is 0 Å². The molecule has 0 saturated carbocycles. The Bertz CT molecular complexity index is 259. The van der Waals surface area contributed by atoms with E-state index in [0.29, 0.717) is 0 Å². The molecule has 3 heteroatoms. The zero-order chi connectivity index (χ0) is 9.52. The van der Waals surface area contributed by atoms with Crippen LogP contribution >= 0.6 is 12.6 Å². The van der Waals surface area contributed by atoms with Gasteiger partial charge in [-0.1, -0.05) is 12.6 Å². The van der Waals surface area contributed by atoms with Crippen molar-refractivity contribution in [1.82, 2.24) is 10.3 Å². The number of aromatic nitrogens is 1. The summed E-state index contributed by atoms with van der Waals surface area (Å²) in [6, 6.07) is 5.91. The van der Waals surface area contributed by atoms with E-state index in [2.05, 4.69) is 29.5 Å². The second-order valence-corrected chi connectivity index (χ2v) is 3.45. The maximum atomic E-state index is 4.19. The molecule has 0 aliphatic rings. The fourth-order valence-electron chi connectivity index (χ4n) is 0.952. The summed E-state index contributed by atoms with van der Waals surface area (Å²) in [6.45, 7) is 5.42. The van der Waals surface area contributed by atoms with Gasteiger partial charge in [-0.2, -0.15) is 0 Å². The van der Waals surface area contributed by atoms with Gasteiger partial charge in [0.25, 0.3) is 0 Å². The molecule has 0 atom stereocenters. The SMILES string of the molecule is C=C(S)CCNCc1ccccn1. The number of rotatable bonds is 5. The highest BCUT2D eigenvalue weighted by Crippen LogP contribution is 2.00. The third kappa shape index (κ3) is 4.70. The maximum absolute atomic E-state index is 4.19. The zero-order valence-corrected chi connectivity index (χ0v) is 8.43. The molecule has 1 heterocycles. The number of hydrogen-bond acceptors (Lipinski definition) is 3. The average Bonchev–Trinajstić information content (AvgIpc) is 2.14. The van der Waals surface area contributed by atoms with Crippen LogP contribution in [-0.4, -0.2) is 11.5 Å². The van der Waals surface area contributed by atoms with E-state index in [1.807, 2.05) is 18.2 Å². The van der Waals surface area contributed by atoms with Gasteiger partial charge in [0.2, 0.25) is 0 Å². The molecule has 1 aromatic rings. The summed E-state index contributed by atoms with van der Waals surface area (Å²) in [5, 5.41) is 3.26. The molecule has 0 amide bonds. The number of nitrogens with one attached hydrogen (secondary N) is 1. The Morgan fingerprint density at radius 1 is 1.54 bits per heavy atom. The monoisotopic (exact) mass is 194 g/mol. The lowest BCUT2D eigenvalue weighted by molar-refractivity contribution is 0.681.